The lowest BCUT2D eigenvalue weighted by Gasteiger charge is -2.31. The quantitative estimate of drug-likeness (QED) is 0.850. The number of carbonyl (C=O) groups excluding carboxylic acids is 2. The minimum atomic E-state index is -0.330. The first-order valence-corrected chi connectivity index (χ1v) is 9.12. The van der Waals surface area contributed by atoms with E-state index >= 15 is 0 Å². The van der Waals surface area contributed by atoms with Crippen molar-refractivity contribution in [3.05, 3.63) is 11.6 Å². The van der Waals surface area contributed by atoms with Crippen molar-refractivity contribution in [3.8, 4) is 0 Å². The van der Waals surface area contributed by atoms with Gasteiger partial charge in [0.05, 0.1) is 4.87 Å². The van der Waals surface area contributed by atoms with E-state index in [0.29, 0.717) is 18.7 Å². The van der Waals surface area contributed by atoms with Gasteiger partial charge in [0.25, 0.3) is 0 Å². The Labute approximate surface area is 139 Å². The molecule has 0 saturated carbocycles. The molecule has 124 valence electrons. The molecule has 0 radical (unpaired) electrons. The molecular formula is C15H21N5O2S. The summed E-state index contributed by atoms with van der Waals surface area (Å²) < 4.78 is 2.07. The molecule has 3 aliphatic heterocycles. The second kappa shape index (κ2) is 5.22. The first kappa shape index (κ1) is 15.0. The molecule has 8 heteroatoms. The van der Waals surface area contributed by atoms with Crippen LogP contribution < -0.4 is 5.32 Å². The third kappa shape index (κ3) is 2.34. The van der Waals surface area contributed by atoms with Gasteiger partial charge >= 0.3 is 0 Å². The maximum absolute atomic E-state index is 12.7. The Hall–Kier alpha value is -1.57. The average molecular weight is 335 g/mol. The van der Waals surface area contributed by atoms with Gasteiger partial charge in [0.15, 0.2) is 0 Å². The molecule has 2 amide bonds. The molecule has 4 rings (SSSR count). The van der Waals surface area contributed by atoms with Crippen LogP contribution in [0.3, 0.4) is 0 Å². The van der Waals surface area contributed by atoms with Crippen molar-refractivity contribution in [3.63, 3.8) is 0 Å². The molecule has 0 bridgehead atoms. The second-order valence-electron chi connectivity index (χ2n) is 6.78. The van der Waals surface area contributed by atoms with Crippen molar-refractivity contribution in [1.82, 2.24) is 25.0 Å². The zero-order valence-corrected chi connectivity index (χ0v) is 14.2. The molecular weight excluding hydrogens is 314 g/mol. The number of aromatic nitrogens is 3. The Kier molecular flexibility index (Phi) is 3.40. The normalized spacial score (nSPS) is 32.8. The van der Waals surface area contributed by atoms with Crippen LogP contribution in [-0.4, -0.2) is 54.2 Å². The highest BCUT2D eigenvalue weighted by Crippen LogP contribution is 2.47. The van der Waals surface area contributed by atoms with Gasteiger partial charge in [0.2, 0.25) is 11.8 Å². The predicted octanol–water partition coefficient (Wildman–Crippen LogP) is 0.472. The largest absolute Gasteiger partial charge is 0.350 e. The molecule has 4 heterocycles. The zero-order chi connectivity index (χ0) is 16.2. The number of amides is 2. The fourth-order valence-corrected chi connectivity index (χ4v) is 5.32. The number of rotatable bonds is 2. The van der Waals surface area contributed by atoms with Gasteiger partial charge in [-0.15, -0.1) is 22.0 Å². The molecule has 0 aromatic carbocycles. The van der Waals surface area contributed by atoms with Crippen LogP contribution in [0.1, 0.15) is 37.8 Å². The van der Waals surface area contributed by atoms with E-state index in [9.17, 15) is 9.59 Å². The van der Waals surface area contributed by atoms with Gasteiger partial charge in [-0.1, -0.05) is 0 Å². The minimum absolute atomic E-state index is 0.0179. The van der Waals surface area contributed by atoms with Crippen molar-refractivity contribution in [2.45, 2.75) is 63.0 Å². The predicted molar refractivity (Wildman–Crippen MR) is 85.7 cm³/mol. The summed E-state index contributed by atoms with van der Waals surface area (Å²) in [6, 6.07) is -0.248. The summed E-state index contributed by atoms with van der Waals surface area (Å²) >= 11 is 1.73. The molecule has 0 aliphatic carbocycles. The van der Waals surface area contributed by atoms with Crippen molar-refractivity contribution >= 4 is 23.6 Å². The fraction of sp³-hybridized carbons (Fsp3) is 0.733. The lowest BCUT2D eigenvalue weighted by atomic mass is 10.1. The molecule has 1 N–H and O–H groups in total. The van der Waals surface area contributed by atoms with E-state index in [1.54, 1.807) is 11.8 Å². The Morgan fingerprint density at radius 1 is 1.39 bits per heavy atom. The lowest BCUT2D eigenvalue weighted by molar-refractivity contribution is -0.138. The standard InChI is InChI=1S/C15H21N5O2S/c1-9-17-18-12-4-3-10(7-19(9)12)16-14(22)11-8-23-15(2)6-5-13(21)20(11)15/h10-11H,3-8H2,1-2H3,(H,16,22)/t10-,11+,15+/m1/s1. The van der Waals surface area contributed by atoms with Gasteiger partial charge < -0.3 is 14.8 Å². The molecule has 0 unspecified atom stereocenters. The Bertz CT molecular complexity index is 675. The highest BCUT2D eigenvalue weighted by Gasteiger charge is 2.53. The number of aryl methyl sites for hydroxylation is 2. The summed E-state index contributed by atoms with van der Waals surface area (Å²) in [5.74, 6) is 2.66. The third-order valence-electron chi connectivity index (χ3n) is 5.23. The Morgan fingerprint density at radius 3 is 3.04 bits per heavy atom. The van der Waals surface area contributed by atoms with Gasteiger partial charge in [-0.25, -0.2) is 0 Å². The molecule has 0 spiro atoms. The van der Waals surface area contributed by atoms with E-state index in [-0.39, 0.29) is 28.8 Å². The lowest BCUT2D eigenvalue weighted by Crippen LogP contribution is -2.53. The van der Waals surface area contributed by atoms with Gasteiger partial charge in [-0.3, -0.25) is 9.59 Å². The highest BCUT2D eigenvalue weighted by molar-refractivity contribution is 8.01. The zero-order valence-electron chi connectivity index (χ0n) is 13.4. The number of fused-ring (bicyclic) bond motifs is 2. The van der Waals surface area contributed by atoms with Crippen molar-refractivity contribution in [1.29, 1.82) is 0 Å². The Balaban J connectivity index is 1.45. The van der Waals surface area contributed by atoms with E-state index in [0.717, 1.165) is 30.9 Å². The van der Waals surface area contributed by atoms with Crippen LogP contribution in [0.2, 0.25) is 0 Å². The number of nitrogens with one attached hydrogen (secondary N) is 1. The van der Waals surface area contributed by atoms with Crippen LogP contribution in [0.15, 0.2) is 0 Å². The summed E-state index contributed by atoms with van der Waals surface area (Å²) in [4.78, 5) is 26.5. The van der Waals surface area contributed by atoms with Gasteiger partial charge in [0.1, 0.15) is 17.7 Å². The van der Waals surface area contributed by atoms with Crippen LogP contribution >= 0.6 is 11.8 Å². The topological polar surface area (TPSA) is 80.1 Å². The molecule has 23 heavy (non-hydrogen) atoms. The van der Waals surface area contributed by atoms with Crippen LogP contribution in [0, 0.1) is 6.92 Å². The SMILES string of the molecule is Cc1nnc2n1C[C@H](NC(=O)[C@@H]1CS[C@@]3(C)CCC(=O)N13)CC2. The Morgan fingerprint density at radius 2 is 2.22 bits per heavy atom. The van der Waals surface area contributed by atoms with Crippen molar-refractivity contribution in [2.24, 2.45) is 0 Å². The number of thioether (sulfide) groups is 1. The maximum Gasteiger partial charge on any atom is 0.243 e. The maximum atomic E-state index is 12.7. The number of hydrogen-bond acceptors (Lipinski definition) is 5. The molecule has 2 saturated heterocycles. The third-order valence-corrected chi connectivity index (χ3v) is 6.73. The van der Waals surface area contributed by atoms with Gasteiger partial charge in [-0.2, -0.15) is 0 Å². The summed E-state index contributed by atoms with van der Waals surface area (Å²) in [5, 5.41) is 11.4. The number of nitrogens with zero attached hydrogens (tertiary/aromatic N) is 4. The molecule has 7 nitrogen and oxygen atoms in total. The number of hydrogen-bond donors (Lipinski definition) is 1. The van der Waals surface area contributed by atoms with Crippen LogP contribution in [0.25, 0.3) is 0 Å². The van der Waals surface area contributed by atoms with Crippen LogP contribution in [0.5, 0.6) is 0 Å². The van der Waals surface area contributed by atoms with Crippen molar-refractivity contribution < 1.29 is 9.59 Å². The molecule has 2 fully saturated rings. The van der Waals surface area contributed by atoms with Crippen molar-refractivity contribution in [2.75, 3.05) is 5.75 Å². The summed E-state index contributed by atoms with van der Waals surface area (Å²) in [5.41, 5.74) is 0. The molecule has 1 aromatic heterocycles. The smallest absolute Gasteiger partial charge is 0.243 e. The molecule has 1 aromatic rings. The molecule has 3 atom stereocenters. The monoisotopic (exact) mass is 335 g/mol. The highest BCUT2D eigenvalue weighted by atomic mass is 32.2. The fourth-order valence-electron chi connectivity index (χ4n) is 3.89. The van der Waals surface area contributed by atoms with Crippen LogP contribution in [-0.2, 0) is 22.6 Å². The average Bonchev–Trinajstić information content (AvgIpc) is 3.14. The summed E-state index contributed by atoms with van der Waals surface area (Å²) in [6.45, 7) is 4.72. The van der Waals surface area contributed by atoms with E-state index in [1.807, 2.05) is 11.8 Å². The summed E-state index contributed by atoms with van der Waals surface area (Å²) in [6.07, 6.45) is 3.09. The van der Waals surface area contributed by atoms with Gasteiger partial charge in [0, 0.05) is 31.2 Å². The van der Waals surface area contributed by atoms with Crippen LogP contribution in [0.4, 0.5) is 0 Å². The summed E-state index contributed by atoms with van der Waals surface area (Å²) in [7, 11) is 0. The van der Waals surface area contributed by atoms with E-state index < -0.39 is 0 Å². The second-order valence-corrected chi connectivity index (χ2v) is 8.29. The van der Waals surface area contributed by atoms with E-state index in [2.05, 4.69) is 27.0 Å². The van der Waals surface area contributed by atoms with E-state index in [1.165, 1.54) is 0 Å². The van der Waals surface area contributed by atoms with E-state index in [4.69, 9.17) is 0 Å². The molecule has 3 aliphatic rings. The first-order valence-electron chi connectivity index (χ1n) is 8.13. The number of carbonyl (C=O) groups is 2. The first-order chi connectivity index (χ1) is 11.0. The van der Waals surface area contributed by atoms with Gasteiger partial charge in [-0.05, 0) is 26.7 Å². The minimum Gasteiger partial charge on any atom is -0.350 e.